The molecule has 0 aliphatic carbocycles. The Balaban J connectivity index is 3.26. The summed E-state index contributed by atoms with van der Waals surface area (Å²) in [6.45, 7) is 8.62. The van der Waals surface area contributed by atoms with Gasteiger partial charge < -0.3 is 5.32 Å². The molecule has 120 valence electrons. The zero-order valence-corrected chi connectivity index (χ0v) is 15.6. The quantitative estimate of drug-likeness (QED) is 0.791. The third kappa shape index (κ3) is 4.40. The molecule has 1 unspecified atom stereocenters. The number of sulfonamides is 1. The van der Waals surface area contributed by atoms with Crippen LogP contribution in [0.1, 0.15) is 34.1 Å². The van der Waals surface area contributed by atoms with Crippen LogP contribution in [-0.4, -0.2) is 37.3 Å². The fourth-order valence-electron chi connectivity index (χ4n) is 1.79. The molecule has 0 spiro atoms. The van der Waals surface area contributed by atoms with E-state index in [1.54, 1.807) is 19.3 Å². The molecule has 1 N–H and O–H groups in total. The molecule has 0 saturated carbocycles. The van der Waals surface area contributed by atoms with Crippen molar-refractivity contribution in [1.82, 2.24) is 9.29 Å². The molecule has 0 fully saturated rings. The third-order valence-electron chi connectivity index (χ3n) is 3.56. The van der Waals surface area contributed by atoms with Gasteiger partial charge in [0, 0.05) is 30.3 Å². The lowest BCUT2D eigenvalue weighted by atomic mass is 10.1. The highest BCUT2D eigenvalue weighted by molar-refractivity contribution is 9.10. The molecule has 0 aliphatic rings. The van der Waals surface area contributed by atoms with E-state index in [9.17, 15) is 8.42 Å². The Hall–Kier alpha value is -0.660. The average molecular weight is 378 g/mol. The van der Waals surface area contributed by atoms with E-state index in [4.69, 9.17) is 0 Å². The number of aromatic nitrogens is 1. The van der Waals surface area contributed by atoms with Crippen molar-refractivity contribution in [2.24, 2.45) is 5.92 Å². The van der Waals surface area contributed by atoms with Crippen LogP contribution in [0.3, 0.4) is 0 Å². The molecular weight excluding hydrogens is 354 g/mol. The average Bonchev–Trinajstić information content (AvgIpc) is 2.44. The lowest BCUT2D eigenvalue weighted by Gasteiger charge is -2.27. The van der Waals surface area contributed by atoms with E-state index in [-0.39, 0.29) is 16.9 Å². The molecule has 0 radical (unpaired) electrons. The normalized spacial score (nSPS) is 13.7. The topological polar surface area (TPSA) is 62.3 Å². The Bertz CT molecular complexity index is 576. The van der Waals surface area contributed by atoms with Crippen LogP contribution in [0.5, 0.6) is 0 Å². The molecule has 0 saturated heterocycles. The van der Waals surface area contributed by atoms with Crippen LogP contribution in [0.4, 0.5) is 5.82 Å². The zero-order chi connectivity index (χ0) is 16.2. The Kier molecular flexibility index (Phi) is 6.62. The van der Waals surface area contributed by atoms with Crippen molar-refractivity contribution < 1.29 is 8.42 Å². The summed E-state index contributed by atoms with van der Waals surface area (Å²) in [4.78, 5) is 4.41. The van der Waals surface area contributed by atoms with E-state index >= 15 is 0 Å². The standard InChI is InChI=1S/C14H24BrN3O2S/c1-6-7-16-14-13(8-12(15)9-17-14)21(19,20)18(5)11(4)10(2)3/h8-11H,6-7H2,1-5H3,(H,16,17). The summed E-state index contributed by atoms with van der Waals surface area (Å²) in [5.41, 5.74) is 0. The van der Waals surface area contributed by atoms with E-state index in [2.05, 4.69) is 26.2 Å². The second kappa shape index (κ2) is 7.56. The van der Waals surface area contributed by atoms with Gasteiger partial charge in [0.05, 0.1) is 0 Å². The molecular formula is C14H24BrN3O2S. The van der Waals surface area contributed by atoms with Crippen LogP contribution in [0.15, 0.2) is 21.6 Å². The lowest BCUT2D eigenvalue weighted by molar-refractivity contribution is 0.316. The van der Waals surface area contributed by atoms with Crippen molar-refractivity contribution in [3.8, 4) is 0 Å². The number of hydrogen-bond acceptors (Lipinski definition) is 4. The fraction of sp³-hybridized carbons (Fsp3) is 0.643. The maximum Gasteiger partial charge on any atom is 0.246 e. The number of nitrogens with one attached hydrogen (secondary N) is 1. The Morgan fingerprint density at radius 1 is 1.38 bits per heavy atom. The molecule has 0 aromatic carbocycles. The molecule has 0 aliphatic heterocycles. The lowest BCUT2D eigenvalue weighted by Crippen LogP contribution is -2.38. The first-order chi connectivity index (χ1) is 9.71. The predicted octanol–water partition coefficient (Wildman–Crippen LogP) is 3.33. The van der Waals surface area contributed by atoms with E-state index in [1.807, 2.05) is 27.7 Å². The SMILES string of the molecule is CCCNc1ncc(Br)cc1S(=O)(=O)N(C)C(C)C(C)C. The van der Waals surface area contributed by atoms with Crippen molar-refractivity contribution in [1.29, 1.82) is 0 Å². The second-order valence-electron chi connectivity index (χ2n) is 5.43. The summed E-state index contributed by atoms with van der Waals surface area (Å²) in [5, 5.41) is 3.08. The zero-order valence-electron chi connectivity index (χ0n) is 13.2. The van der Waals surface area contributed by atoms with Crippen LogP contribution < -0.4 is 5.32 Å². The van der Waals surface area contributed by atoms with Crippen molar-refractivity contribution in [2.45, 2.75) is 45.1 Å². The van der Waals surface area contributed by atoms with Crippen LogP contribution in [0.25, 0.3) is 0 Å². The molecule has 5 nitrogen and oxygen atoms in total. The van der Waals surface area contributed by atoms with Crippen LogP contribution in [0, 0.1) is 5.92 Å². The Labute approximate surface area is 136 Å². The van der Waals surface area contributed by atoms with Crippen LogP contribution in [-0.2, 0) is 10.0 Å². The van der Waals surface area contributed by atoms with Gasteiger partial charge in [-0.05, 0) is 41.3 Å². The maximum absolute atomic E-state index is 12.8. The summed E-state index contributed by atoms with van der Waals surface area (Å²) in [6, 6.07) is 1.51. The second-order valence-corrected chi connectivity index (χ2v) is 8.31. The number of rotatable bonds is 7. The van der Waals surface area contributed by atoms with Crippen LogP contribution >= 0.6 is 15.9 Å². The van der Waals surface area contributed by atoms with Crippen molar-refractivity contribution in [3.05, 3.63) is 16.7 Å². The van der Waals surface area contributed by atoms with Gasteiger partial charge in [-0.25, -0.2) is 13.4 Å². The number of anilines is 1. The molecule has 1 heterocycles. The van der Waals surface area contributed by atoms with Gasteiger partial charge in [-0.15, -0.1) is 0 Å². The van der Waals surface area contributed by atoms with Gasteiger partial charge in [-0.3, -0.25) is 0 Å². The molecule has 1 aromatic heterocycles. The first-order valence-electron chi connectivity index (χ1n) is 7.09. The maximum atomic E-state index is 12.8. The predicted molar refractivity (Wildman–Crippen MR) is 90.0 cm³/mol. The molecule has 21 heavy (non-hydrogen) atoms. The smallest absolute Gasteiger partial charge is 0.246 e. The minimum absolute atomic E-state index is 0.0898. The largest absolute Gasteiger partial charge is 0.369 e. The number of halogens is 1. The van der Waals surface area contributed by atoms with Gasteiger partial charge >= 0.3 is 0 Å². The molecule has 1 aromatic rings. The highest BCUT2D eigenvalue weighted by Crippen LogP contribution is 2.27. The van der Waals surface area contributed by atoms with Crippen molar-refractivity contribution >= 4 is 31.8 Å². The van der Waals surface area contributed by atoms with Gasteiger partial charge in [0.15, 0.2) is 0 Å². The Morgan fingerprint density at radius 2 is 2.00 bits per heavy atom. The van der Waals surface area contributed by atoms with Crippen molar-refractivity contribution in [2.75, 3.05) is 18.9 Å². The fourth-order valence-corrected chi connectivity index (χ4v) is 3.91. The number of hydrogen-bond donors (Lipinski definition) is 1. The highest BCUT2D eigenvalue weighted by Gasteiger charge is 2.30. The van der Waals surface area contributed by atoms with E-state index < -0.39 is 10.0 Å². The monoisotopic (exact) mass is 377 g/mol. The van der Waals surface area contributed by atoms with E-state index in [0.29, 0.717) is 16.8 Å². The summed E-state index contributed by atoms with van der Waals surface area (Å²) < 4.78 is 27.7. The van der Waals surface area contributed by atoms with Gasteiger partial charge in [-0.2, -0.15) is 4.31 Å². The number of nitrogens with zero attached hydrogens (tertiary/aromatic N) is 2. The summed E-state index contributed by atoms with van der Waals surface area (Å²) in [7, 11) is -1.97. The third-order valence-corrected chi connectivity index (χ3v) is 5.95. The highest BCUT2D eigenvalue weighted by atomic mass is 79.9. The minimum Gasteiger partial charge on any atom is -0.369 e. The first-order valence-corrected chi connectivity index (χ1v) is 9.32. The number of pyridine rings is 1. The van der Waals surface area contributed by atoms with E-state index in [1.165, 1.54) is 4.31 Å². The van der Waals surface area contributed by atoms with Crippen LogP contribution in [0.2, 0.25) is 0 Å². The first kappa shape index (κ1) is 18.4. The summed E-state index contributed by atoms with van der Waals surface area (Å²) in [6.07, 6.45) is 2.50. The molecule has 1 atom stereocenters. The van der Waals surface area contributed by atoms with Gasteiger partial charge in [0.2, 0.25) is 10.0 Å². The molecule has 0 bridgehead atoms. The van der Waals surface area contributed by atoms with Gasteiger partial charge in [0.1, 0.15) is 10.7 Å². The van der Waals surface area contributed by atoms with Gasteiger partial charge in [0.25, 0.3) is 0 Å². The minimum atomic E-state index is -3.59. The van der Waals surface area contributed by atoms with Crippen molar-refractivity contribution in [3.63, 3.8) is 0 Å². The molecule has 0 amide bonds. The molecule has 7 heteroatoms. The van der Waals surface area contributed by atoms with Gasteiger partial charge in [-0.1, -0.05) is 20.8 Å². The van der Waals surface area contributed by atoms with E-state index in [0.717, 1.165) is 6.42 Å². The summed E-state index contributed by atoms with van der Waals surface area (Å²) >= 11 is 3.30. The molecule has 1 rings (SSSR count). The Morgan fingerprint density at radius 3 is 2.52 bits per heavy atom. The summed E-state index contributed by atoms with van der Waals surface area (Å²) in [5.74, 6) is 0.639.